The highest BCUT2D eigenvalue weighted by Crippen LogP contribution is 2.49. The lowest BCUT2D eigenvalue weighted by molar-refractivity contribution is -0.127. The summed E-state index contributed by atoms with van der Waals surface area (Å²) in [5, 5.41) is 0.966. The molecule has 0 aliphatic carbocycles. The van der Waals surface area contributed by atoms with Crippen molar-refractivity contribution in [2.45, 2.75) is 19.8 Å². The molecular formula is C20H21N2O4PS. The monoisotopic (exact) mass is 416 g/mol. The first-order valence-corrected chi connectivity index (χ1v) is 11.6. The number of carbonyl (C=O) groups excluding carboxylic acids is 1. The molecule has 2 heterocycles. The van der Waals surface area contributed by atoms with Crippen LogP contribution in [0, 0.1) is 5.92 Å². The largest absolute Gasteiger partial charge is 0.434 e. The van der Waals surface area contributed by atoms with Gasteiger partial charge in [-0.25, -0.2) is 14.2 Å². The fourth-order valence-electron chi connectivity index (χ4n) is 3.46. The minimum atomic E-state index is -4.02. The summed E-state index contributed by atoms with van der Waals surface area (Å²) in [5.74, 6) is -0.608. The van der Waals surface area contributed by atoms with Gasteiger partial charge in [-0.1, -0.05) is 36.4 Å². The first-order valence-electron chi connectivity index (χ1n) is 9.22. The van der Waals surface area contributed by atoms with Crippen molar-refractivity contribution >= 4 is 35.2 Å². The molecule has 1 amide bonds. The van der Waals surface area contributed by atoms with E-state index in [1.54, 1.807) is 18.3 Å². The van der Waals surface area contributed by atoms with Gasteiger partial charge in [0.25, 0.3) is 0 Å². The third-order valence-corrected chi connectivity index (χ3v) is 7.56. The minimum absolute atomic E-state index is 0.0927. The highest BCUT2D eigenvalue weighted by Gasteiger charge is 2.42. The number of carbonyl (C=O) groups is 1. The van der Waals surface area contributed by atoms with Crippen molar-refractivity contribution in [3.05, 3.63) is 54.1 Å². The smallest absolute Gasteiger partial charge is 0.308 e. The van der Waals surface area contributed by atoms with E-state index >= 15 is 0 Å². The quantitative estimate of drug-likeness (QED) is 0.599. The van der Waals surface area contributed by atoms with Crippen LogP contribution in [0.3, 0.4) is 0 Å². The van der Waals surface area contributed by atoms with Crippen LogP contribution in [0.25, 0.3) is 20.8 Å². The zero-order valence-electron chi connectivity index (χ0n) is 15.4. The Balaban J connectivity index is 1.46. The van der Waals surface area contributed by atoms with Crippen molar-refractivity contribution in [3.8, 4) is 10.6 Å². The average Bonchev–Trinajstić information content (AvgIpc) is 3.27. The zero-order chi connectivity index (χ0) is 19.7. The maximum Gasteiger partial charge on any atom is 0.434 e. The molecule has 146 valence electrons. The molecule has 0 bridgehead atoms. The number of hydrogen-bond acceptors (Lipinski definition) is 5. The summed E-state index contributed by atoms with van der Waals surface area (Å²) in [4.78, 5) is 27.1. The predicted octanol–water partition coefficient (Wildman–Crippen LogP) is 4.49. The van der Waals surface area contributed by atoms with Crippen LogP contribution in [0.4, 0.5) is 0 Å². The number of aromatic nitrogens is 1. The molecule has 8 heteroatoms. The number of nitrogens with zero attached hydrogens (tertiary/aromatic N) is 2. The van der Waals surface area contributed by atoms with Gasteiger partial charge in [0.05, 0.1) is 16.8 Å². The first kappa shape index (κ1) is 19.3. The lowest BCUT2D eigenvalue weighted by atomic mass is 9.97. The van der Waals surface area contributed by atoms with Crippen LogP contribution in [0.15, 0.2) is 48.5 Å². The fourth-order valence-corrected chi connectivity index (χ4v) is 5.69. The molecule has 1 aliphatic heterocycles. The topological polar surface area (TPSA) is 79.7 Å². The Labute approximate surface area is 167 Å². The molecule has 0 spiro atoms. The molecule has 28 heavy (non-hydrogen) atoms. The maximum atomic E-state index is 12.5. The van der Waals surface area contributed by atoms with Crippen LogP contribution in [-0.4, -0.2) is 33.6 Å². The van der Waals surface area contributed by atoms with Crippen LogP contribution < -0.4 is 0 Å². The number of benzene rings is 2. The number of rotatable bonds is 6. The van der Waals surface area contributed by atoms with E-state index in [4.69, 9.17) is 4.52 Å². The summed E-state index contributed by atoms with van der Waals surface area (Å²) in [6.45, 7) is 1.98. The van der Waals surface area contributed by atoms with Gasteiger partial charge in [0.1, 0.15) is 5.01 Å². The highest BCUT2D eigenvalue weighted by atomic mass is 32.1. The Kier molecular flexibility index (Phi) is 5.34. The van der Waals surface area contributed by atoms with Gasteiger partial charge in [-0.2, -0.15) is 0 Å². The summed E-state index contributed by atoms with van der Waals surface area (Å²) in [6.07, 6.45) is 1.09. The van der Waals surface area contributed by atoms with Gasteiger partial charge in [0, 0.05) is 18.0 Å². The molecule has 2 aromatic carbocycles. The molecule has 0 saturated carbocycles. The van der Waals surface area contributed by atoms with Gasteiger partial charge >= 0.3 is 7.75 Å². The molecule has 1 fully saturated rings. The molecule has 4 rings (SSSR count). The summed E-state index contributed by atoms with van der Waals surface area (Å²) in [6, 6.07) is 16.1. The normalized spacial score (nSPS) is 19.3. The Hall–Kier alpha value is -2.05. The Morgan fingerprint density at radius 2 is 2.00 bits per heavy atom. The van der Waals surface area contributed by atoms with E-state index in [1.165, 1.54) is 0 Å². The summed E-state index contributed by atoms with van der Waals surface area (Å²) < 4.78 is 19.2. The van der Waals surface area contributed by atoms with Crippen LogP contribution in [-0.2, 0) is 20.3 Å². The van der Waals surface area contributed by atoms with Crippen LogP contribution in [0.1, 0.15) is 18.9 Å². The fraction of sp³-hybridized carbons (Fsp3) is 0.300. The number of fused-ring (bicyclic) bond motifs is 1. The van der Waals surface area contributed by atoms with Crippen molar-refractivity contribution in [1.29, 1.82) is 0 Å². The summed E-state index contributed by atoms with van der Waals surface area (Å²) in [7, 11) is -4.02. The third-order valence-electron chi connectivity index (χ3n) is 4.87. The molecule has 2 unspecified atom stereocenters. The average molecular weight is 416 g/mol. The van der Waals surface area contributed by atoms with Gasteiger partial charge in [0.2, 0.25) is 5.91 Å². The molecule has 6 nitrogen and oxygen atoms in total. The van der Waals surface area contributed by atoms with E-state index < -0.39 is 7.75 Å². The number of para-hydroxylation sites is 1. The molecular weight excluding hydrogens is 395 g/mol. The lowest BCUT2D eigenvalue weighted by Crippen LogP contribution is -2.26. The second-order valence-electron chi connectivity index (χ2n) is 6.74. The van der Waals surface area contributed by atoms with Crippen LogP contribution in [0.5, 0.6) is 0 Å². The molecule has 1 aliphatic rings. The van der Waals surface area contributed by atoms with E-state index in [-0.39, 0.29) is 25.0 Å². The van der Waals surface area contributed by atoms with Crippen LogP contribution >= 0.6 is 19.1 Å². The van der Waals surface area contributed by atoms with Crippen molar-refractivity contribution in [2.24, 2.45) is 5.92 Å². The van der Waals surface area contributed by atoms with Crippen molar-refractivity contribution < 1.29 is 18.8 Å². The van der Waals surface area contributed by atoms with Crippen molar-refractivity contribution in [3.63, 3.8) is 0 Å². The van der Waals surface area contributed by atoms with Crippen LogP contribution in [0.2, 0.25) is 0 Å². The van der Waals surface area contributed by atoms with Gasteiger partial charge in [-0.3, -0.25) is 9.32 Å². The number of hydrogen-bond donors (Lipinski definition) is 1. The summed E-state index contributed by atoms with van der Waals surface area (Å²) in [5.41, 5.74) is 3.06. The highest BCUT2D eigenvalue weighted by molar-refractivity contribution is 7.51. The molecule has 1 saturated heterocycles. The molecule has 3 aromatic rings. The summed E-state index contributed by atoms with van der Waals surface area (Å²) >= 11 is 1.65. The molecule has 2 atom stereocenters. The second kappa shape index (κ2) is 7.76. The van der Waals surface area contributed by atoms with E-state index in [0.29, 0.717) is 12.8 Å². The SMILES string of the molecule is CCOP(=O)(O)N1CCC(Cc2ccc(-c3nc4ccccc4s3)cc2)C1=O. The number of amides is 1. The Morgan fingerprint density at radius 3 is 2.71 bits per heavy atom. The van der Waals surface area contributed by atoms with Gasteiger partial charge in [0.15, 0.2) is 0 Å². The van der Waals surface area contributed by atoms with E-state index in [1.807, 2.05) is 42.5 Å². The van der Waals surface area contributed by atoms with Crippen molar-refractivity contribution in [1.82, 2.24) is 9.65 Å². The minimum Gasteiger partial charge on any atom is -0.308 e. The van der Waals surface area contributed by atoms with Gasteiger partial charge < -0.3 is 4.89 Å². The van der Waals surface area contributed by atoms with Gasteiger partial charge in [-0.15, -0.1) is 11.3 Å². The van der Waals surface area contributed by atoms with Crippen molar-refractivity contribution in [2.75, 3.05) is 13.2 Å². The first-order chi connectivity index (χ1) is 13.5. The molecule has 1 aromatic heterocycles. The lowest BCUT2D eigenvalue weighted by Gasteiger charge is -2.21. The molecule has 0 radical (unpaired) electrons. The van der Waals surface area contributed by atoms with Gasteiger partial charge in [-0.05, 0) is 37.5 Å². The predicted molar refractivity (Wildman–Crippen MR) is 110 cm³/mol. The second-order valence-corrected chi connectivity index (χ2v) is 9.50. The number of thiazole rings is 1. The van der Waals surface area contributed by atoms with E-state index in [9.17, 15) is 14.3 Å². The zero-order valence-corrected chi connectivity index (χ0v) is 17.2. The Morgan fingerprint density at radius 1 is 1.25 bits per heavy atom. The third kappa shape index (κ3) is 3.76. The molecule has 1 N–H and O–H groups in total. The van der Waals surface area contributed by atoms with E-state index in [0.717, 1.165) is 31.0 Å². The maximum absolute atomic E-state index is 12.5. The van der Waals surface area contributed by atoms with E-state index in [2.05, 4.69) is 11.1 Å². The Bertz CT molecular complexity index is 1020. The standard InChI is InChI=1S/C20H21N2O4PS/c1-2-26-27(24,25)22-12-11-16(20(22)23)13-14-7-9-15(10-8-14)19-21-17-5-3-4-6-18(17)28-19/h3-10,16H,2,11-13H2,1H3,(H,24,25).